The Kier molecular flexibility index (Phi) is 2.36. The van der Waals surface area contributed by atoms with Gasteiger partial charge in [-0.2, -0.15) is 0 Å². The van der Waals surface area contributed by atoms with Gasteiger partial charge in [-0.05, 0) is 18.6 Å². The molecule has 0 saturated carbocycles. The molecule has 2 heterocycles. The number of aromatic nitrogens is 2. The molecule has 0 unspecified atom stereocenters. The Morgan fingerprint density at radius 3 is 3.15 bits per heavy atom. The van der Waals surface area contributed by atoms with Gasteiger partial charge >= 0.3 is 0 Å². The van der Waals surface area contributed by atoms with Gasteiger partial charge in [0, 0.05) is 16.9 Å². The van der Waals surface area contributed by atoms with Gasteiger partial charge in [-0.1, -0.05) is 29.3 Å². The summed E-state index contributed by atoms with van der Waals surface area (Å²) in [6.45, 7) is 2.17. The van der Waals surface area contributed by atoms with Crippen molar-refractivity contribution in [2.24, 2.45) is 0 Å². The second-order valence-corrected chi connectivity index (χ2v) is 4.01. The molecule has 0 radical (unpaired) electrons. The van der Waals surface area contributed by atoms with Gasteiger partial charge in [0.25, 0.3) is 0 Å². The summed E-state index contributed by atoms with van der Waals surface area (Å²) >= 11 is 3.43. The molecule has 2 rings (SSSR count). The molecule has 0 fully saturated rings. The highest BCUT2D eigenvalue weighted by molar-refractivity contribution is 9.10. The molecule has 0 atom stereocenters. The summed E-state index contributed by atoms with van der Waals surface area (Å²) < 4.78 is 3.13. The molecule has 0 amide bonds. The van der Waals surface area contributed by atoms with Crippen LogP contribution < -0.4 is 0 Å². The summed E-state index contributed by atoms with van der Waals surface area (Å²) in [4.78, 5) is 4.50. The van der Waals surface area contributed by atoms with Crippen molar-refractivity contribution in [3.05, 3.63) is 34.7 Å². The van der Waals surface area contributed by atoms with Gasteiger partial charge in [0.15, 0.2) is 0 Å². The SMILES string of the molecule is CCCc1cn2ccc(Br)cc2n1. The van der Waals surface area contributed by atoms with Crippen molar-refractivity contribution in [1.82, 2.24) is 9.38 Å². The second kappa shape index (κ2) is 3.50. The van der Waals surface area contributed by atoms with Crippen LogP contribution in [-0.4, -0.2) is 9.38 Å². The van der Waals surface area contributed by atoms with Gasteiger partial charge < -0.3 is 4.40 Å². The molecule has 0 saturated heterocycles. The van der Waals surface area contributed by atoms with Crippen LogP contribution in [0.4, 0.5) is 0 Å². The third kappa shape index (κ3) is 1.75. The average Bonchev–Trinajstić information content (AvgIpc) is 2.46. The monoisotopic (exact) mass is 238 g/mol. The van der Waals surface area contributed by atoms with E-state index < -0.39 is 0 Å². The first-order chi connectivity index (χ1) is 6.29. The molecular weight excluding hydrogens is 228 g/mol. The third-order valence-electron chi connectivity index (χ3n) is 1.98. The lowest BCUT2D eigenvalue weighted by atomic mass is 10.3. The predicted molar refractivity (Wildman–Crippen MR) is 56.9 cm³/mol. The lowest BCUT2D eigenvalue weighted by Crippen LogP contribution is -1.79. The normalized spacial score (nSPS) is 10.9. The van der Waals surface area contributed by atoms with Crippen LogP contribution in [0.3, 0.4) is 0 Å². The minimum absolute atomic E-state index is 1.01. The quantitative estimate of drug-likeness (QED) is 0.787. The molecule has 0 aliphatic carbocycles. The average molecular weight is 239 g/mol. The van der Waals surface area contributed by atoms with Crippen molar-refractivity contribution in [3.8, 4) is 0 Å². The number of hydrogen-bond acceptors (Lipinski definition) is 1. The van der Waals surface area contributed by atoms with Gasteiger partial charge in [-0.3, -0.25) is 0 Å². The second-order valence-electron chi connectivity index (χ2n) is 3.09. The van der Waals surface area contributed by atoms with Gasteiger partial charge in [-0.25, -0.2) is 4.98 Å². The molecule has 68 valence electrons. The van der Waals surface area contributed by atoms with E-state index in [0.29, 0.717) is 0 Å². The summed E-state index contributed by atoms with van der Waals surface area (Å²) in [7, 11) is 0. The van der Waals surface area contributed by atoms with E-state index in [4.69, 9.17) is 0 Å². The van der Waals surface area contributed by atoms with Gasteiger partial charge in [0.05, 0.1) is 5.69 Å². The molecule has 0 aliphatic heterocycles. The summed E-state index contributed by atoms with van der Waals surface area (Å²) in [5.74, 6) is 0. The Hall–Kier alpha value is -0.830. The highest BCUT2D eigenvalue weighted by Crippen LogP contribution is 2.13. The molecule has 3 heteroatoms. The molecule has 2 aromatic rings. The summed E-state index contributed by atoms with van der Waals surface area (Å²) in [5, 5.41) is 0. The molecule has 0 aromatic carbocycles. The van der Waals surface area contributed by atoms with Crippen LogP contribution in [-0.2, 0) is 6.42 Å². The van der Waals surface area contributed by atoms with E-state index in [1.165, 1.54) is 5.69 Å². The number of imidazole rings is 1. The zero-order chi connectivity index (χ0) is 9.26. The van der Waals surface area contributed by atoms with E-state index in [-0.39, 0.29) is 0 Å². The predicted octanol–water partition coefficient (Wildman–Crippen LogP) is 3.05. The fourth-order valence-electron chi connectivity index (χ4n) is 1.39. The third-order valence-corrected chi connectivity index (χ3v) is 2.47. The number of halogens is 1. The van der Waals surface area contributed by atoms with Gasteiger partial charge in [0.1, 0.15) is 5.65 Å². The van der Waals surface area contributed by atoms with Crippen molar-refractivity contribution in [2.45, 2.75) is 19.8 Å². The Labute approximate surface area is 85.7 Å². The van der Waals surface area contributed by atoms with E-state index in [1.807, 2.05) is 18.3 Å². The van der Waals surface area contributed by atoms with Crippen LogP contribution in [0.1, 0.15) is 19.0 Å². The zero-order valence-electron chi connectivity index (χ0n) is 7.50. The highest BCUT2D eigenvalue weighted by Gasteiger charge is 1.99. The molecule has 0 N–H and O–H groups in total. The van der Waals surface area contributed by atoms with Crippen LogP contribution in [0.5, 0.6) is 0 Å². The number of hydrogen-bond donors (Lipinski definition) is 0. The maximum absolute atomic E-state index is 4.50. The van der Waals surface area contributed by atoms with E-state index in [0.717, 1.165) is 23.0 Å². The topological polar surface area (TPSA) is 17.3 Å². The summed E-state index contributed by atoms with van der Waals surface area (Å²) in [6, 6.07) is 4.05. The first-order valence-corrected chi connectivity index (χ1v) is 5.22. The number of nitrogens with zero attached hydrogens (tertiary/aromatic N) is 2. The van der Waals surface area contributed by atoms with Crippen molar-refractivity contribution in [2.75, 3.05) is 0 Å². The van der Waals surface area contributed by atoms with E-state index in [9.17, 15) is 0 Å². The van der Waals surface area contributed by atoms with Crippen molar-refractivity contribution >= 4 is 21.6 Å². The van der Waals surface area contributed by atoms with Gasteiger partial charge in [-0.15, -0.1) is 0 Å². The van der Waals surface area contributed by atoms with E-state index in [1.54, 1.807) is 0 Å². The Bertz CT molecular complexity index is 420. The molecule has 0 spiro atoms. The molecule has 0 bridgehead atoms. The van der Waals surface area contributed by atoms with Gasteiger partial charge in [0.2, 0.25) is 0 Å². The molecule has 13 heavy (non-hydrogen) atoms. The maximum Gasteiger partial charge on any atom is 0.138 e. The smallest absolute Gasteiger partial charge is 0.138 e. The first kappa shape index (κ1) is 8.75. The number of pyridine rings is 1. The van der Waals surface area contributed by atoms with E-state index >= 15 is 0 Å². The van der Waals surface area contributed by atoms with Crippen LogP contribution >= 0.6 is 15.9 Å². The summed E-state index contributed by atoms with van der Waals surface area (Å²) in [5.41, 5.74) is 2.18. The van der Waals surface area contributed by atoms with Crippen molar-refractivity contribution in [3.63, 3.8) is 0 Å². The first-order valence-electron chi connectivity index (χ1n) is 4.42. The fourth-order valence-corrected chi connectivity index (χ4v) is 1.71. The molecule has 2 nitrogen and oxygen atoms in total. The van der Waals surface area contributed by atoms with Crippen molar-refractivity contribution in [1.29, 1.82) is 0 Å². The Morgan fingerprint density at radius 2 is 2.38 bits per heavy atom. The van der Waals surface area contributed by atoms with Crippen LogP contribution in [0.15, 0.2) is 29.0 Å². The zero-order valence-corrected chi connectivity index (χ0v) is 9.08. The number of fused-ring (bicyclic) bond motifs is 1. The highest BCUT2D eigenvalue weighted by atomic mass is 79.9. The van der Waals surface area contributed by atoms with Crippen LogP contribution in [0, 0.1) is 0 Å². The molecule has 2 aromatic heterocycles. The standard InChI is InChI=1S/C10H11BrN2/c1-2-3-9-7-13-5-4-8(11)6-10(13)12-9/h4-7H,2-3H2,1H3. The Balaban J connectivity index is 2.49. The van der Waals surface area contributed by atoms with E-state index in [2.05, 4.69) is 38.4 Å². The maximum atomic E-state index is 4.50. The lowest BCUT2D eigenvalue weighted by molar-refractivity contribution is 0.894. The molecular formula is C10H11BrN2. The number of aryl methyl sites for hydroxylation is 1. The minimum Gasteiger partial charge on any atom is -0.307 e. The van der Waals surface area contributed by atoms with Crippen molar-refractivity contribution < 1.29 is 0 Å². The van der Waals surface area contributed by atoms with Crippen LogP contribution in [0.2, 0.25) is 0 Å². The number of rotatable bonds is 2. The summed E-state index contributed by atoms with van der Waals surface area (Å²) in [6.07, 6.45) is 6.31. The Morgan fingerprint density at radius 1 is 1.54 bits per heavy atom. The largest absolute Gasteiger partial charge is 0.307 e. The van der Waals surface area contributed by atoms with Crippen LogP contribution in [0.25, 0.3) is 5.65 Å². The molecule has 0 aliphatic rings. The minimum atomic E-state index is 1.01. The lowest BCUT2D eigenvalue weighted by Gasteiger charge is -1.91. The fraction of sp³-hybridized carbons (Fsp3) is 0.300.